The number of halogens is 3. The van der Waals surface area contributed by atoms with Crippen molar-refractivity contribution in [2.45, 2.75) is 30.8 Å². The molecule has 11 heteroatoms. The summed E-state index contributed by atoms with van der Waals surface area (Å²) in [5.74, 6) is -2.30. The zero-order chi connectivity index (χ0) is 20.3. The molecule has 0 bridgehead atoms. The Morgan fingerprint density at radius 3 is 2.56 bits per heavy atom. The summed E-state index contributed by atoms with van der Waals surface area (Å²) < 4.78 is 66.5. The van der Waals surface area contributed by atoms with E-state index in [1.165, 1.54) is 0 Å². The fraction of sp³-hybridized carbons (Fsp3) is 0.688. The van der Waals surface area contributed by atoms with Gasteiger partial charge in [0.15, 0.2) is 9.84 Å². The summed E-state index contributed by atoms with van der Waals surface area (Å²) in [4.78, 5) is 11.1. The van der Waals surface area contributed by atoms with E-state index >= 15 is 0 Å². The van der Waals surface area contributed by atoms with Crippen LogP contribution in [0.1, 0.15) is 18.9 Å². The lowest BCUT2D eigenvalue weighted by Gasteiger charge is -2.50. The van der Waals surface area contributed by atoms with Gasteiger partial charge in [0.25, 0.3) is 0 Å². The number of hydrogen-bond acceptors (Lipinski definition) is 6. The summed E-state index contributed by atoms with van der Waals surface area (Å²) in [7, 11) is -2.99. The fourth-order valence-electron chi connectivity index (χ4n) is 3.43. The number of rotatable bonds is 5. The van der Waals surface area contributed by atoms with Crippen molar-refractivity contribution in [1.29, 1.82) is 0 Å². The number of furan rings is 1. The molecule has 0 saturated carbocycles. The predicted molar refractivity (Wildman–Crippen MR) is 88.8 cm³/mol. The molecule has 0 radical (unpaired) electrons. The van der Waals surface area contributed by atoms with E-state index in [-0.39, 0.29) is 5.92 Å². The molecule has 2 aliphatic heterocycles. The molecule has 3 rings (SSSR count). The van der Waals surface area contributed by atoms with Gasteiger partial charge >= 0.3 is 12.1 Å². The third kappa shape index (κ3) is 4.82. The highest BCUT2D eigenvalue weighted by Crippen LogP contribution is 2.45. The molecule has 154 valence electrons. The summed E-state index contributed by atoms with van der Waals surface area (Å²) in [5, 5.41) is 7.12. The molecule has 2 aliphatic rings. The lowest BCUT2D eigenvalue weighted by Crippen LogP contribution is -2.67. The van der Waals surface area contributed by atoms with Crippen molar-refractivity contribution in [2.75, 3.05) is 32.1 Å². The monoisotopic (exact) mass is 413 g/mol. The van der Waals surface area contributed by atoms with Crippen LogP contribution in [-0.2, 0) is 25.9 Å². The van der Waals surface area contributed by atoms with Crippen molar-refractivity contribution in [3.63, 3.8) is 0 Å². The Morgan fingerprint density at radius 1 is 1.44 bits per heavy atom. The zero-order valence-corrected chi connectivity index (χ0v) is 15.6. The van der Waals surface area contributed by atoms with Crippen molar-refractivity contribution < 1.29 is 40.6 Å². The Bertz CT molecular complexity index is 726. The minimum absolute atomic E-state index is 0.146. The van der Waals surface area contributed by atoms with E-state index < -0.39 is 26.7 Å². The largest absolute Gasteiger partial charge is 0.490 e. The Morgan fingerprint density at radius 2 is 2.07 bits per heavy atom. The van der Waals surface area contributed by atoms with Crippen molar-refractivity contribution in [2.24, 2.45) is 5.92 Å². The molecule has 2 saturated heterocycles. The van der Waals surface area contributed by atoms with E-state index in [1.54, 1.807) is 12.5 Å². The molecular formula is C16H22F3NO6S. The summed E-state index contributed by atoms with van der Waals surface area (Å²) in [6.45, 7) is 5.16. The smallest absolute Gasteiger partial charge is 0.475 e. The van der Waals surface area contributed by atoms with E-state index in [0.29, 0.717) is 32.1 Å². The Balaban J connectivity index is 0.000000321. The molecule has 0 aromatic carbocycles. The number of nitrogens with zero attached hydrogens (tertiary/aromatic N) is 1. The van der Waals surface area contributed by atoms with Crippen molar-refractivity contribution in [3.05, 3.63) is 24.2 Å². The van der Waals surface area contributed by atoms with Crippen LogP contribution in [0, 0.1) is 5.92 Å². The molecule has 3 heterocycles. The van der Waals surface area contributed by atoms with Gasteiger partial charge in [-0.3, -0.25) is 4.90 Å². The second kappa shape index (κ2) is 8.19. The van der Waals surface area contributed by atoms with E-state index in [4.69, 9.17) is 19.1 Å². The number of carbonyl (C=O) groups is 1. The SMILES string of the molecule is CCOCC1CCS(=O)(=O)C12CN(Cc1ccoc1)C2.O=C(O)C(F)(F)F. The maximum Gasteiger partial charge on any atom is 0.490 e. The highest BCUT2D eigenvalue weighted by molar-refractivity contribution is 7.93. The predicted octanol–water partition coefficient (Wildman–Crippen LogP) is 1.94. The first kappa shape index (κ1) is 21.7. The molecule has 27 heavy (non-hydrogen) atoms. The lowest BCUT2D eigenvalue weighted by molar-refractivity contribution is -0.192. The highest BCUT2D eigenvalue weighted by atomic mass is 32.2. The first-order valence-corrected chi connectivity index (χ1v) is 10.0. The standard InChI is InChI=1S/C14H21NO4S.C2HF3O2/c1-2-18-9-13-4-6-20(16,17)14(13)10-15(11-14)7-12-3-5-19-8-12;3-2(4,5)1(6)7/h3,5,8,13H,2,4,6-7,9-11H2,1H3;(H,6,7). The second-order valence-electron chi connectivity index (χ2n) is 6.61. The molecule has 1 N–H and O–H groups in total. The molecule has 1 spiro atoms. The van der Waals surface area contributed by atoms with Gasteiger partial charge in [-0.05, 0) is 19.4 Å². The first-order chi connectivity index (χ1) is 12.5. The second-order valence-corrected chi connectivity index (χ2v) is 9.06. The Labute approximate surface area is 155 Å². The number of sulfone groups is 1. The van der Waals surface area contributed by atoms with Crippen LogP contribution in [0.4, 0.5) is 13.2 Å². The Hall–Kier alpha value is -1.59. The number of ether oxygens (including phenoxy) is 1. The van der Waals surface area contributed by atoms with Crippen LogP contribution in [0.2, 0.25) is 0 Å². The Kier molecular flexibility index (Phi) is 6.59. The molecule has 0 aliphatic carbocycles. The van der Waals surface area contributed by atoms with Crippen LogP contribution in [0.25, 0.3) is 0 Å². The van der Waals surface area contributed by atoms with Crippen LogP contribution in [0.15, 0.2) is 23.0 Å². The molecular weight excluding hydrogens is 391 g/mol. The van der Waals surface area contributed by atoms with Crippen LogP contribution < -0.4 is 0 Å². The van der Waals surface area contributed by atoms with E-state index in [1.807, 2.05) is 13.0 Å². The van der Waals surface area contributed by atoms with E-state index in [9.17, 15) is 21.6 Å². The third-order valence-electron chi connectivity index (χ3n) is 4.83. The molecule has 1 aromatic rings. The number of aliphatic carboxylic acids is 1. The van der Waals surface area contributed by atoms with Gasteiger partial charge in [0.05, 0.1) is 24.9 Å². The minimum atomic E-state index is -5.08. The van der Waals surface area contributed by atoms with Gasteiger partial charge in [-0.1, -0.05) is 0 Å². The number of carboxylic acids is 1. The fourth-order valence-corrected chi connectivity index (χ4v) is 5.88. The summed E-state index contributed by atoms with van der Waals surface area (Å²) >= 11 is 0. The van der Waals surface area contributed by atoms with Crippen molar-refractivity contribution in [3.8, 4) is 0 Å². The van der Waals surface area contributed by atoms with Crippen LogP contribution in [0.3, 0.4) is 0 Å². The zero-order valence-electron chi connectivity index (χ0n) is 14.7. The molecule has 1 atom stereocenters. The quantitative estimate of drug-likeness (QED) is 0.788. The van der Waals surface area contributed by atoms with Crippen molar-refractivity contribution in [1.82, 2.24) is 4.90 Å². The normalized spacial score (nSPS) is 23.5. The summed E-state index contributed by atoms with van der Waals surface area (Å²) in [5.41, 5.74) is 1.09. The lowest BCUT2D eigenvalue weighted by atomic mass is 9.83. The maximum absolute atomic E-state index is 12.4. The maximum atomic E-state index is 12.4. The molecule has 0 amide bonds. The summed E-state index contributed by atoms with van der Waals surface area (Å²) in [6, 6.07) is 1.92. The van der Waals surface area contributed by atoms with Gasteiger partial charge in [0.1, 0.15) is 4.75 Å². The third-order valence-corrected chi connectivity index (χ3v) is 7.44. The summed E-state index contributed by atoms with van der Waals surface area (Å²) in [6.07, 6.45) is -0.983. The molecule has 1 aromatic heterocycles. The number of alkyl halides is 3. The number of hydrogen-bond donors (Lipinski definition) is 1. The van der Waals surface area contributed by atoms with Gasteiger partial charge in [-0.2, -0.15) is 13.2 Å². The number of likely N-dealkylation sites (tertiary alicyclic amines) is 1. The van der Waals surface area contributed by atoms with Gasteiger partial charge < -0.3 is 14.3 Å². The van der Waals surface area contributed by atoms with Gasteiger partial charge in [-0.25, -0.2) is 13.2 Å². The minimum Gasteiger partial charge on any atom is -0.475 e. The van der Waals surface area contributed by atoms with Crippen LogP contribution in [-0.4, -0.2) is 67.4 Å². The van der Waals surface area contributed by atoms with Crippen molar-refractivity contribution >= 4 is 15.8 Å². The van der Waals surface area contributed by atoms with E-state index in [2.05, 4.69) is 4.90 Å². The van der Waals surface area contributed by atoms with Crippen LogP contribution >= 0.6 is 0 Å². The number of carboxylic acid groups (broad SMARTS) is 1. The highest BCUT2D eigenvalue weighted by Gasteiger charge is 2.61. The van der Waals surface area contributed by atoms with Gasteiger partial charge in [0.2, 0.25) is 0 Å². The topological polar surface area (TPSA) is 97.1 Å². The van der Waals surface area contributed by atoms with Gasteiger partial charge in [-0.15, -0.1) is 0 Å². The molecule has 7 nitrogen and oxygen atoms in total. The molecule has 1 unspecified atom stereocenters. The van der Waals surface area contributed by atoms with E-state index in [0.717, 1.165) is 18.5 Å². The average molecular weight is 413 g/mol. The first-order valence-electron chi connectivity index (χ1n) is 8.35. The van der Waals surface area contributed by atoms with Gasteiger partial charge in [0, 0.05) is 37.7 Å². The molecule has 2 fully saturated rings. The van der Waals surface area contributed by atoms with Crippen LogP contribution in [0.5, 0.6) is 0 Å². The average Bonchev–Trinajstić information content (AvgIpc) is 3.12.